The molecular weight excluding hydrogens is 352 g/mol. The van der Waals surface area contributed by atoms with Crippen molar-refractivity contribution in [2.24, 2.45) is 0 Å². The lowest BCUT2D eigenvalue weighted by Gasteiger charge is -2.05. The minimum absolute atomic E-state index is 0.0686. The smallest absolute Gasteiger partial charge is 0.246 e. The van der Waals surface area contributed by atoms with E-state index in [0.717, 1.165) is 9.88 Å². The van der Waals surface area contributed by atoms with Crippen molar-refractivity contribution in [3.05, 3.63) is 27.3 Å². The molecule has 0 aliphatic carbocycles. The van der Waals surface area contributed by atoms with Crippen molar-refractivity contribution in [3.63, 3.8) is 0 Å². The number of rotatable bonds is 5. The summed E-state index contributed by atoms with van der Waals surface area (Å²) < 4.78 is 2.07. The van der Waals surface area contributed by atoms with Gasteiger partial charge in [0.25, 0.3) is 0 Å². The van der Waals surface area contributed by atoms with Crippen LogP contribution in [0.5, 0.6) is 0 Å². The fourth-order valence-electron chi connectivity index (χ4n) is 1.88. The summed E-state index contributed by atoms with van der Waals surface area (Å²) in [6, 6.07) is 3.86. The normalized spacial score (nSPS) is 11.1. The van der Waals surface area contributed by atoms with E-state index in [1.165, 1.54) is 22.7 Å². The number of carbonyl (C=O) groups excluding carboxylic acids is 1. The second kappa shape index (κ2) is 6.69. The van der Waals surface area contributed by atoms with E-state index in [1.54, 1.807) is 4.57 Å². The Kier molecular flexibility index (Phi) is 4.64. The first-order valence-electron chi connectivity index (χ1n) is 6.87. The zero-order valence-corrected chi connectivity index (χ0v) is 14.9. The van der Waals surface area contributed by atoms with Gasteiger partial charge in [-0.3, -0.25) is 19.8 Å². The summed E-state index contributed by atoms with van der Waals surface area (Å²) in [4.78, 5) is 13.2. The second-order valence-corrected chi connectivity index (χ2v) is 7.41. The van der Waals surface area contributed by atoms with Gasteiger partial charge in [-0.25, -0.2) is 0 Å². The van der Waals surface area contributed by atoms with Crippen molar-refractivity contribution in [2.45, 2.75) is 26.3 Å². The standard InChI is InChI=1S/C13H14N6OS3/c1-7(2)11-16-17-12(23-11)14-9(20)6-19-10(15-18-13(19)21)8-4-3-5-22-8/h3-5,7H,6H2,1-2H3,(H,18,21)(H,14,17,20). The summed E-state index contributed by atoms with van der Waals surface area (Å²) in [6.07, 6.45) is 0. The number of carbonyl (C=O) groups is 1. The Labute approximate surface area is 145 Å². The molecule has 3 aromatic heterocycles. The fourth-order valence-corrected chi connectivity index (χ4v) is 3.56. The van der Waals surface area contributed by atoms with E-state index in [0.29, 0.717) is 15.7 Å². The minimum Gasteiger partial charge on any atom is -0.299 e. The topological polar surface area (TPSA) is 88.5 Å². The molecule has 1 amide bonds. The number of hydrogen-bond donors (Lipinski definition) is 2. The number of nitrogens with one attached hydrogen (secondary N) is 2. The summed E-state index contributed by atoms with van der Waals surface area (Å²) in [5.41, 5.74) is 0. The van der Waals surface area contributed by atoms with Gasteiger partial charge in [-0.05, 0) is 23.7 Å². The van der Waals surface area contributed by atoms with E-state index < -0.39 is 0 Å². The Morgan fingerprint density at radius 3 is 2.96 bits per heavy atom. The number of amides is 1. The number of anilines is 1. The highest BCUT2D eigenvalue weighted by Gasteiger charge is 2.15. The highest BCUT2D eigenvalue weighted by atomic mass is 32.1. The molecule has 0 fully saturated rings. The van der Waals surface area contributed by atoms with Crippen molar-refractivity contribution < 1.29 is 4.79 Å². The third kappa shape index (κ3) is 3.54. The van der Waals surface area contributed by atoms with Crippen LogP contribution in [0.2, 0.25) is 0 Å². The molecule has 0 atom stereocenters. The third-order valence-electron chi connectivity index (χ3n) is 2.98. The molecule has 0 radical (unpaired) electrons. The molecule has 10 heteroatoms. The molecular formula is C13H14N6OS3. The summed E-state index contributed by atoms with van der Waals surface area (Å²) >= 11 is 8.13. The van der Waals surface area contributed by atoms with Crippen LogP contribution in [-0.2, 0) is 11.3 Å². The Bertz CT molecular complexity index is 861. The maximum absolute atomic E-state index is 12.3. The Hall–Kier alpha value is -1.91. The van der Waals surface area contributed by atoms with Crippen molar-refractivity contribution in [2.75, 3.05) is 5.32 Å². The van der Waals surface area contributed by atoms with Gasteiger partial charge in [0.15, 0.2) is 10.6 Å². The molecule has 0 aromatic carbocycles. The predicted molar refractivity (Wildman–Crippen MR) is 93.4 cm³/mol. The molecule has 0 saturated carbocycles. The number of thiophene rings is 1. The molecule has 0 aliphatic heterocycles. The van der Waals surface area contributed by atoms with Gasteiger partial charge < -0.3 is 0 Å². The maximum Gasteiger partial charge on any atom is 0.246 e. The number of nitrogens with zero attached hydrogens (tertiary/aromatic N) is 4. The average Bonchev–Trinajstić information content (AvgIpc) is 3.21. The first-order valence-corrected chi connectivity index (χ1v) is 8.97. The van der Waals surface area contributed by atoms with E-state index in [4.69, 9.17) is 12.2 Å². The van der Waals surface area contributed by atoms with E-state index >= 15 is 0 Å². The van der Waals surface area contributed by atoms with Gasteiger partial charge >= 0.3 is 0 Å². The average molecular weight is 366 g/mol. The highest BCUT2D eigenvalue weighted by Crippen LogP contribution is 2.24. The quantitative estimate of drug-likeness (QED) is 0.677. The van der Waals surface area contributed by atoms with Gasteiger partial charge in [0, 0.05) is 5.92 Å². The summed E-state index contributed by atoms with van der Waals surface area (Å²) in [5, 5.41) is 21.0. The lowest BCUT2D eigenvalue weighted by molar-refractivity contribution is -0.116. The number of aromatic amines is 1. The lowest BCUT2D eigenvalue weighted by atomic mass is 10.2. The molecule has 3 aromatic rings. The molecule has 3 rings (SSSR count). The summed E-state index contributed by atoms with van der Waals surface area (Å²) in [6.45, 7) is 4.13. The van der Waals surface area contributed by atoms with Crippen molar-refractivity contribution in [1.29, 1.82) is 0 Å². The van der Waals surface area contributed by atoms with Gasteiger partial charge in [-0.2, -0.15) is 5.10 Å². The van der Waals surface area contributed by atoms with Crippen molar-refractivity contribution >= 4 is 45.9 Å². The number of hydrogen-bond acceptors (Lipinski definition) is 7. The Balaban J connectivity index is 1.75. The van der Waals surface area contributed by atoms with Crippen molar-refractivity contribution in [3.8, 4) is 10.7 Å². The monoisotopic (exact) mass is 366 g/mol. The maximum atomic E-state index is 12.3. The third-order valence-corrected chi connectivity index (χ3v) is 5.30. The Morgan fingerprint density at radius 2 is 2.30 bits per heavy atom. The van der Waals surface area contributed by atoms with Crippen LogP contribution in [0, 0.1) is 4.77 Å². The summed E-state index contributed by atoms with van der Waals surface area (Å²) in [5.74, 6) is 0.720. The van der Waals surface area contributed by atoms with Gasteiger partial charge in [0.05, 0.1) is 4.88 Å². The van der Waals surface area contributed by atoms with Gasteiger partial charge in [-0.15, -0.1) is 21.5 Å². The van der Waals surface area contributed by atoms with E-state index in [9.17, 15) is 4.79 Å². The molecule has 0 aliphatic rings. The summed E-state index contributed by atoms with van der Waals surface area (Å²) in [7, 11) is 0. The van der Waals surface area contributed by atoms with Crippen LogP contribution < -0.4 is 5.32 Å². The SMILES string of the molecule is CC(C)c1nnc(NC(=O)Cn2c(-c3cccs3)n[nH]c2=S)s1. The fraction of sp³-hybridized carbons (Fsp3) is 0.308. The predicted octanol–water partition coefficient (Wildman–Crippen LogP) is 3.28. The largest absolute Gasteiger partial charge is 0.299 e. The lowest BCUT2D eigenvalue weighted by Crippen LogP contribution is -2.19. The second-order valence-electron chi connectivity index (χ2n) is 5.06. The van der Waals surface area contributed by atoms with Crippen molar-refractivity contribution in [1.82, 2.24) is 25.0 Å². The molecule has 0 saturated heterocycles. The molecule has 3 heterocycles. The zero-order valence-electron chi connectivity index (χ0n) is 12.4. The first-order chi connectivity index (χ1) is 11.0. The van der Waals surface area contributed by atoms with Gasteiger partial charge in [0.1, 0.15) is 11.6 Å². The van der Waals surface area contributed by atoms with Crippen LogP contribution in [0.25, 0.3) is 10.7 Å². The first kappa shape index (κ1) is 16.0. The van der Waals surface area contributed by atoms with Crippen LogP contribution in [-0.4, -0.2) is 30.9 Å². The minimum atomic E-state index is -0.216. The van der Waals surface area contributed by atoms with Crippen LogP contribution in [0.15, 0.2) is 17.5 Å². The molecule has 120 valence electrons. The van der Waals surface area contributed by atoms with Crippen LogP contribution in [0.4, 0.5) is 5.13 Å². The highest BCUT2D eigenvalue weighted by molar-refractivity contribution is 7.71. The van der Waals surface area contributed by atoms with E-state index in [1.807, 2.05) is 31.4 Å². The number of aromatic nitrogens is 5. The molecule has 7 nitrogen and oxygen atoms in total. The van der Waals surface area contributed by atoms with E-state index in [2.05, 4.69) is 25.7 Å². The van der Waals surface area contributed by atoms with Gasteiger partial charge in [0.2, 0.25) is 11.0 Å². The molecule has 0 bridgehead atoms. The van der Waals surface area contributed by atoms with Crippen LogP contribution >= 0.6 is 34.9 Å². The molecule has 0 unspecified atom stereocenters. The molecule has 0 spiro atoms. The number of H-pyrrole nitrogens is 1. The van der Waals surface area contributed by atoms with Crippen LogP contribution in [0.1, 0.15) is 24.8 Å². The van der Waals surface area contributed by atoms with Gasteiger partial charge in [-0.1, -0.05) is 31.3 Å². The molecule has 2 N–H and O–H groups in total. The van der Waals surface area contributed by atoms with E-state index in [-0.39, 0.29) is 18.4 Å². The van der Waals surface area contributed by atoms with Crippen LogP contribution in [0.3, 0.4) is 0 Å². The Morgan fingerprint density at radius 1 is 1.48 bits per heavy atom. The zero-order chi connectivity index (χ0) is 16.4. The molecule has 23 heavy (non-hydrogen) atoms.